The van der Waals surface area contributed by atoms with Crippen LogP contribution in [0.25, 0.3) is 11.3 Å². The van der Waals surface area contributed by atoms with Gasteiger partial charge in [-0.1, -0.05) is 59.8 Å². The molecule has 0 aliphatic carbocycles. The minimum absolute atomic E-state index is 0.0683. The standard InChI is InChI=1S/C19H15N3O4/c1-12-16(17(22-26-12)14-5-3-2-4-6-14)18(23)21-20-11-13-7-9-15(10-8-13)19(24)25/h2-11H,1H3,(H,21,23)(H,24,25)/p-1. The first-order chi connectivity index (χ1) is 12.6. The minimum atomic E-state index is -1.25. The second-order valence-electron chi connectivity index (χ2n) is 5.44. The molecule has 0 fully saturated rings. The Balaban J connectivity index is 1.75. The third-order valence-corrected chi connectivity index (χ3v) is 3.66. The van der Waals surface area contributed by atoms with Gasteiger partial charge in [0.1, 0.15) is 17.0 Å². The summed E-state index contributed by atoms with van der Waals surface area (Å²) in [6, 6.07) is 15.1. The number of nitrogens with zero attached hydrogens (tertiary/aromatic N) is 2. The fourth-order valence-electron chi connectivity index (χ4n) is 2.36. The van der Waals surface area contributed by atoms with Crippen LogP contribution in [0.15, 0.2) is 64.2 Å². The largest absolute Gasteiger partial charge is 0.545 e. The Labute approximate surface area is 149 Å². The van der Waals surface area contributed by atoms with E-state index in [0.717, 1.165) is 5.56 Å². The molecule has 0 saturated carbocycles. The first-order valence-electron chi connectivity index (χ1n) is 7.73. The van der Waals surface area contributed by atoms with Crippen molar-refractivity contribution in [2.24, 2.45) is 5.10 Å². The summed E-state index contributed by atoms with van der Waals surface area (Å²) in [5, 5.41) is 18.6. The molecule has 3 aromatic rings. The number of hydrogen-bond acceptors (Lipinski definition) is 6. The summed E-state index contributed by atoms with van der Waals surface area (Å²) in [5.41, 5.74) is 4.62. The Morgan fingerprint density at radius 1 is 1.12 bits per heavy atom. The van der Waals surface area contributed by atoms with Crippen molar-refractivity contribution < 1.29 is 19.2 Å². The summed E-state index contributed by atoms with van der Waals surface area (Å²) in [7, 11) is 0. The highest BCUT2D eigenvalue weighted by Crippen LogP contribution is 2.24. The summed E-state index contributed by atoms with van der Waals surface area (Å²) in [4.78, 5) is 23.2. The quantitative estimate of drug-likeness (QED) is 0.558. The molecule has 130 valence electrons. The molecule has 1 N–H and O–H groups in total. The number of nitrogens with one attached hydrogen (secondary N) is 1. The van der Waals surface area contributed by atoms with Crippen LogP contribution < -0.4 is 10.5 Å². The molecule has 0 radical (unpaired) electrons. The predicted molar refractivity (Wildman–Crippen MR) is 92.5 cm³/mol. The Morgan fingerprint density at radius 2 is 1.81 bits per heavy atom. The lowest BCUT2D eigenvalue weighted by molar-refractivity contribution is -0.255. The van der Waals surface area contributed by atoms with Gasteiger partial charge < -0.3 is 14.4 Å². The molecule has 2 aromatic carbocycles. The average molecular weight is 348 g/mol. The zero-order valence-corrected chi connectivity index (χ0v) is 13.8. The molecular formula is C19H14N3O4-. The van der Waals surface area contributed by atoms with Crippen LogP contribution in [0.4, 0.5) is 0 Å². The first-order valence-corrected chi connectivity index (χ1v) is 7.73. The summed E-state index contributed by atoms with van der Waals surface area (Å²) < 4.78 is 5.15. The predicted octanol–water partition coefficient (Wildman–Crippen LogP) is 1.78. The van der Waals surface area contributed by atoms with Gasteiger partial charge in [0.15, 0.2) is 0 Å². The second kappa shape index (κ2) is 7.43. The van der Waals surface area contributed by atoms with E-state index >= 15 is 0 Å². The molecule has 7 heteroatoms. The highest BCUT2D eigenvalue weighted by atomic mass is 16.5. The van der Waals surface area contributed by atoms with Crippen LogP contribution in [0.3, 0.4) is 0 Å². The van der Waals surface area contributed by atoms with Gasteiger partial charge in [-0.15, -0.1) is 0 Å². The molecule has 1 aromatic heterocycles. The molecule has 7 nitrogen and oxygen atoms in total. The third kappa shape index (κ3) is 3.67. The Morgan fingerprint density at radius 3 is 2.46 bits per heavy atom. The summed E-state index contributed by atoms with van der Waals surface area (Å²) >= 11 is 0. The van der Waals surface area contributed by atoms with Gasteiger partial charge >= 0.3 is 0 Å². The van der Waals surface area contributed by atoms with Gasteiger partial charge in [0.2, 0.25) is 0 Å². The number of carbonyl (C=O) groups is 2. The lowest BCUT2D eigenvalue weighted by atomic mass is 10.1. The number of aryl methyl sites for hydroxylation is 1. The topological polar surface area (TPSA) is 108 Å². The zero-order valence-electron chi connectivity index (χ0n) is 13.8. The minimum Gasteiger partial charge on any atom is -0.545 e. The van der Waals surface area contributed by atoms with Crippen molar-refractivity contribution in [3.8, 4) is 11.3 Å². The lowest BCUT2D eigenvalue weighted by Crippen LogP contribution is -2.22. The van der Waals surface area contributed by atoms with Crippen molar-refractivity contribution in [2.75, 3.05) is 0 Å². The first kappa shape index (κ1) is 17.1. The van der Waals surface area contributed by atoms with E-state index in [0.29, 0.717) is 22.6 Å². The monoisotopic (exact) mass is 348 g/mol. The SMILES string of the molecule is Cc1onc(-c2ccccc2)c1C(=O)NN=Cc1ccc(C(=O)[O-])cc1. The van der Waals surface area contributed by atoms with Crippen molar-refractivity contribution in [3.63, 3.8) is 0 Å². The third-order valence-electron chi connectivity index (χ3n) is 3.66. The van der Waals surface area contributed by atoms with Gasteiger partial charge in [-0.3, -0.25) is 4.79 Å². The van der Waals surface area contributed by atoms with Gasteiger partial charge in [0.25, 0.3) is 5.91 Å². The highest BCUT2D eigenvalue weighted by Gasteiger charge is 2.21. The van der Waals surface area contributed by atoms with Gasteiger partial charge in [0.05, 0.1) is 12.2 Å². The fourth-order valence-corrected chi connectivity index (χ4v) is 2.36. The van der Waals surface area contributed by atoms with Crippen molar-refractivity contribution >= 4 is 18.1 Å². The molecule has 0 bridgehead atoms. The van der Waals surface area contributed by atoms with Crippen LogP contribution in [-0.2, 0) is 0 Å². The fraction of sp³-hybridized carbons (Fsp3) is 0.0526. The van der Waals surface area contributed by atoms with Gasteiger partial charge in [0, 0.05) is 5.56 Å². The Kier molecular flexibility index (Phi) is 4.89. The van der Waals surface area contributed by atoms with E-state index in [4.69, 9.17) is 4.52 Å². The van der Waals surface area contributed by atoms with Crippen molar-refractivity contribution in [3.05, 3.63) is 77.0 Å². The van der Waals surface area contributed by atoms with Crippen LogP contribution in [0.5, 0.6) is 0 Å². The molecule has 0 aliphatic rings. The maximum atomic E-state index is 12.4. The second-order valence-corrected chi connectivity index (χ2v) is 5.44. The molecule has 1 heterocycles. The number of amides is 1. The molecule has 0 saturated heterocycles. The molecule has 26 heavy (non-hydrogen) atoms. The van der Waals surface area contributed by atoms with Crippen LogP contribution in [-0.4, -0.2) is 23.2 Å². The lowest BCUT2D eigenvalue weighted by Gasteiger charge is -2.02. The van der Waals surface area contributed by atoms with Crippen LogP contribution in [0, 0.1) is 6.92 Å². The Hall–Kier alpha value is -3.74. The number of benzene rings is 2. The van der Waals surface area contributed by atoms with Crippen LogP contribution >= 0.6 is 0 Å². The molecule has 3 rings (SSSR count). The van der Waals surface area contributed by atoms with E-state index in [9.17, 15) is 14.7 Å². The van der Waals surface area contributed by atoms with Gasteiger partial charge in [-0.2, -0.15) is 5.10 Å². The number of aromatic nitrogens is 1. The summed E-state index contributed by atoms with van der Waals surface area (Å²) in [6.45, 7) is 1.65. The molecule has 0 aliphatic heterocycles. The van der Waals surface area contributed by atoms with Gasteiger partial charge in [-0.05, 0) is 18.1 Å². The van der Waals surface area contributed by atoms with Crippen LogP contribution in [0.2, 0.25) is 0 Å². The average Bonchev–Trinajstić information content (AvgIpc) is 3.04. The number of carboxylic acid groups (broad SMARTS) is 1. The number of carboxylic acids is 1. The van der Waals surface area contributed by atoms with E-state index < -0.39 is 11.9 Å². The van der Waals surface area contributed by atoms with Crippen molar-refractivity contribution in [2.45, 2.75) is 6.92 Å². The molecular weight excluding hydrogens is 334 g/mol. The maximum absolute atomic E-state index is 12.4. The number of aromatic carboxylic acids is 1. The Bertz CT molecular complexity index is 960. The smallest absolute Gasteiger partial charge is 0.277 e. The molecule has 0 atom stereocenters. The highest BCUT2D eigenvalue weighted by molar-refractivity contribution is 6.01. The molecule has 0 spiro atoms. The van der Waals surface area contributed by atoms with E-state index in [2.05, 4.69) is 15.7 Å². The number of hydrogen-bond donors (Lipinski definition) is 1. The maximum Gasteiger partial charge on any atom is 0.277 e. The van der Waals surface area contributed by atoms with E-state index in [1.807, 2.05) is 30.3 Å². The summed E-state index contributed by atoms with van der Waals surface area (Å²) in [6.07, 6.45) is 1.40. The van der Waals surface area contributed by atoms with Crippen molar-refractivity contribution in [1.29, 1.82) is 0 Å². The van der Waals surface area contributed by atoms with Gasteiger partial charge in [-0.25, -0.2) is 5.43 Å². The van der Waals surface area contributed by atoms with E-state index in [1.165, 1.54) is 18.3 Å². The number of hydrazone groups is 1. The van der Waals surface area contributed by atoms with Crippen molar-refractivity contribution in [1.82, 2.24) is 10.6 Å². The zero-order chi connectivity index (χ0) is 18.5. The van der Waals surface area contributed by atoms with E-state index in [1.54, 1.807) is 19.1 Å². The summed E-state index contributed by atoms with van der Waals surface area (Å²) in [5.74, 6) is -1.32. The number of carbonyl (C=O) groups excluding carboxylic acids is 2. The van der Waals surface area contributed by atoms with Crippen LogP contribution in [0.1, 0.15) is 32.0 Å². The molecule has 1 amide bonds. The van der Waals surface area contributed by atoms with E-state index in [-0.39, 0.29) is 5.56 Å². The number of rotatable bonds is 5. The molecule has 0 unspecified atom stereocenters. The normalized spacial score (nSPS) is 10.8.